The maximum absolute atomic E-state index is 9.05. The Hall–Kier alpha value is -12.7. The highest BCUT2D eigenvalue weighted by Crippen LogP contribution is 2.41. The molecular formula is C109H117N7Si. The molecular weight excluding hydrogens is 1440 g/mol. The van der Waals surface area contributed by atoms with Crippen molar-refractivity contribution in [1.29, 1.82) is 31.6 Å². The lowest BCUT2D eigenvalue weighted by atomic mass is 9.77. The predicted octanol–water partition coefficient (Wildman–Crippen LogP) is 24.8. The number of nitriles is 6. The van der Waals surface area contributed by atoms with Crippen LogP contribution in [0, 0.1) is 80.3 Å². The van der Waals surface area contributed by atoms with Crippen molar-refractivity contribution in [3.8, 4) is 71.0 Å². The van der Waals surface area contributed by atoms with Crippen LogP contribution in [-0.2, 0) is 44.3 Å². The molecule has 12 rings (SSSR count). The Kier molecular flexibility index (Phi) is 31.9. The summed E-state index contributed by atoms with van der Waals surface area (Å²) in [6.45, 7) is 46.6. The fraction of sp³-hybridized carbons (Fsp3) is 0.275. The molecule has 0 aliphatic heterocycles. The van der Waals surface area contributed by atoms with Gasteiger partial charge in [0.1, 0.15) is 0 Å². The normalized spacial score (nSPS) is 11.5. The highest BCUT2D eigenvalue weighted by atomic mass is 28.3. The van der Waals surface area contributed by atoms with Gasteiger partial charge in [-0.05, 0) is 199 Å². The second-order valence-electron chi connectivity index (χ2n) is 36.0. The number of terminal acetylenes is 1. The van der Waals surface area contributed by atoms with Crippen LogP contribution < -0.4 is 20.7 Å². The molecule has 0 bridgehead atoms. The zero-order chi connectivity index (χ0) is 88.4. The zero-order valence-corrected chi connectivity index (χ0v) is 73.9. The van der Waals surface area contributed by atoms with Crippen molar-refractivity contribution in [1.82, 2.24) is 4.98 Å². The average Bonchev–Trinajstić information content (AvgIpc) is 0.730. The molecule has 1 heterocycles. The van der Waals surface area contributed by atoms with E-state index in [2.05, 4.69) is 324 Å². The number of aromatic nitrogens is 1. The van der Waals surface area contributed by atoms with E-state index in [0.717, 1.165) is 50.1 Å². The minimum atomic E-state index is -2.41. The smallest absolute Gasteiger partial charge is 0.179 e. The number of pyridine rings is 1. The predicted molar refractivity (Wildman–Crippen MR) is 494 cm³/mol. The molecule has 0 unspecified atom stereocenters. The van der Waals surface area contributed by atoms with Crippen molar-refractivity contribution in [2.45, 2.75) is 197 Å². The van der Waals surface area contributed by atoms with Gasteiger partial charge in [-0.25, -0.2) is 0 Å². The SMILES string of the molecule is C#Cc1ccc(-c2cccc(-c3ccc(C#N)cc3)c2C(C)(C)C)cc1.CC(C)(C)c1c(C#N)cccc1C#N.CC(C)(C)c1ccc(C#N)cc1.CC(C)(C)c1cccc(C#N)c1.CC(C)(C)c1cccc([Si](c2ccccc2)(c2ccccc2)c2ccccc2)c1.CC(C)(C)c1ccccc1C#N.[2H]C([2H])(C)c1ncccc1C(C)(C)C. The molecule has 0 amide bonds. The molecule has 8 heteroatoms. The first kappa shape index (κ1) is 89.8. The summed E-state index contributed by atoms with van der Waals surface area (Å²) in [7, 11) is -2.41. The standard InChI is InChI=1S/C28H28Si.C25H21N.C12H12N2.3C11H13N.C11H17N/c1-28(2,3)23-14-13-21-27(22-23)29(24-15-7-4-8-16-24,25-17-9-5-10-18-25)26-19-11-6-12-20-26;1-5-18-9-13-20(14-10-18)22-7-6-8-23(24(22)25(2,3)4)21-15-11-19(17-26)12-16-21;1-12(2,3)11-9(7-13)5-4-6-10(11)8-14;1-11(2,3)10-6-4-9(8-12)5-7-10;1-11(2,3)10-6-4-5-9(7-10)8-12;1-11(2,3)10-7-5-4-6-9(10)8-12;1-5-10-9(11(2,3)4)7-6-8-12-10/h4-22H,1-3H3;1,6-16H,2-4H3;4-6H,1-3H3;3*4-7H,1-3H3;6-8H,5H2,1-4H3/i;;;;;;5D2. The third kappa shape index (κ3) is 26.2. The fourth-order valence-corrected chi connectivity index (χ4v) is 18.5. The molecule has 1 aromatic heterocycles. The zero-order valence-electron chi connectivity index (χ0n) is 74.9. The van der Waals surface area contributed by atoms with E-state index in [4.69, 9.17) is 40.7 Å². The first-order valence-corrected chi connectivity index (χ1v) is 41.7. The summed E-state index contributed by atoms with van der Waals surface area (Å²) >= 11 is 0. The van der Waals surface area contributed by atoms with Crippen LogP contribution in [0.1, 0.15) is 239 Å². The molecule has 0 fully saturated rings. The third-order valence-electron chi connectivity index (χ3n) is 19.8. The van der Waals surface area contributed by atoms with E-state index >= 15 is 0 Å². The van der Waals surface area contributed by atoms with Gasteiger partial charge in [0.05, 0.1) is 69.8 Å². The molecule has 0 aliphatic rings. The van der Waals surface area contributed by atoms with Crippen LogP contribution in [0.25, 0.3) is 22.3 Å². The second kappa shape index (κ2) is 41.5. The van der Waals surface area contributed by atoms with Crippen LogP contribution in [0.15, 0.2) is 291 Å². The van der Waals surface area contributed by atoms with Crippen LogP contribution in [-0.4, -0.2) is 13.1 Å². The van der Waals surface area contributed by atoms with Gasteiger partial charge in [0.25, 0.3) is 0 Å². The lowest BCUT2D eigenvalue weighted by molar-refractivity contribution is 0.578. The lowest BCUT2D eigenvalue weighted by Gasteiger charge is -2.35. The molecule has 0 saturated heterocycles. The maximum Gasteiger partial charge on any atom is 0.179 e. The van der Waals surface area contributed by atoms with Gasteiger partial charge in [0, 0.05) is 20.2 Å². The van der Waals surface area contributed by atoms with E-state index < -0.39 is 14.4 Å². The number of nitrogens with zero attached hydrogens (tertiary/aromatic N) is 7. The molecule has 0 aliphatic carbocycles. The maximum atomic E-state index is 9.05. The molecule has 11 aromatic carbocycles. The van der Waals surface area contributed by atoms with Crippen molar-refractivity contribution >= 4 is 28.8 Å². The Morgan fingerprint density at radius 1 is 0.299 bits per heavy atom. The summed E-state index contributed by atoms with van der Waals surface area (Å²) in [6, 6.07) is 110. The highest BCUT2D eigenvalue weighted by molar-refractivity contribution is 7.19. The summed E-state index contributed by atoms with van der Waals surface area (Å²) in [6.07, 6.45) is 5.76. The van der Waals surface area contributed by atoms with Gasteiger partial charge in [-0.3, -0.25) is 4.98 Å². The quantitative estimate of drug-likeness (QED) is 0.0873. The van der Waals surface area contributed by atoms with Crippen LogP contribution in [0.3, 0.4) is 0 Å². The number of hydrogen-bond donors (Lipinski definition) is 0. The lowest BCUT2D eigenvalue weighted by Crippen LogP contribution is -2.74. The first-order chi connectivity index (χ1) is 55.8. The van der Waals surface area contributed by atoms with Crippen LogP contribution in [0.2, 0.25) is 0 Å². The third-order valence-corrected chi connectivity index (χ3v) is 24.6. The van der Waals surface area contributed by atoms with Crippen molar-refractivity contribution in [2.75, 3.05) is 0 Å². The van der Waals surface area contributed by atoms with Gasteiger partial charge in [-0.2, -0.15) is 31.6 Å². The van der Waals surface area contributed by atoms with E-state index in [1.165, 1.54) is 54.1 Å². The van der Waals surface area contributed by atoms with Crippen LogP contribution in [0.4, 0.5) is 0 Å². The summed E-state index contributed by atoms with van der Waals surface area (Å²) in [5.74, 6) is 2.67. The van der Waals surface area contributed by atoms with Gasteiger partial charge in [0.2, 0.25) is 0 Å². The van der Waals surface area contributed by atoms with Gasteiger partial charge in [-0.1, -0.05) is 371 Å². The number of benzene rings is 11. The minimum absolute atomic E-state index is 0.0371. The van der Waals surface area contributed by atoms with E-state index in [-0.39, 0.29) is 37.9 Å². The van der Waals surface area contributed by atoms with Gasteiger partial charge in [-0.15, -0.1) is 6.42 Å². The van der Waals surface area contributed by atoms with E-state index in [9.17, 15) is 0 Å². The Bertz CT molecular complexity index is 5390. The molecule has 12 aromatic rings. The molecule has 117 heavy (non-hydrogen) atoms. The fourth-order valence-electron chi connectivity index (χ4n) is 13.7. The second-order valence-corrected chi connectivity index (χ2v) is 39.8. The van der Waals surface area contributed by atoms with E-state index in [1.54, 1.807) is 31.3 Å². The molecule has 0 spiro atoms. The molecule has 0 atom stereocenters. The minimum Gasteiger partial charge on any atom is -0.261 e. The molecule has 0 radical (unpaired) electrons. The Morgan fingerprint density at radius 3 is 1.02 bits per heavy atom. The van der Waals surface area contributed by atoms with Gasteiger partial charge >= 0.3 is 0 Å². The monoisotopic (exact) mass is 1550 g/mol. The summed E-state index contributed by atoms with van der Waals surface area (Å²) in [4.78, 5) is 4.14. The van der Waals surface area contributed by atoms with E-state index in [0.29, 0.717) is 22.4 Å². The Morgan fingerprint density at radius 2 is 0.650 bits per heavy atom. The average molecular weight is 1560 g/mol. The number of hydrogen-bond acceptors (Lipinski definition) is 7. The van der Waals surface area contributed by atoms with Crippen molar-refractivity contribution < 1.29 is 2.74 Å². The summed E-state index contributed by atoms with van der Waals surface area (Å²) in [5.41, 5.74) is 18.5. The number of rotatable bonds is 7. The first-order valence-electron chi connectivity index (χ1n) is 40.7. The van der Waals surface area contributed by atoms with Crippen LogP contribution in [0.5, 0.6) is 0 Å². The van der Waals surface area contributed by atoms with Crippen molar-refractivity contribution in [3.63, 3.8) is 0 Å². The van der Waals surface area contributed by atoms with Crippen LogP contribution >= 0.6 is 0 Å². The summed E-state index contributed by atoms with van der Waals surface area (Å²) in [5, 5.41) is 58.7. The topological polar surface area (TPSA) is 156 Å². The Labute approximate surface area is 706 Å². The van der Waals surface area contributed by atoms with Crippen molar-refractivity contribution in [3.05, 3.63) is 375 Å². The van der Waals surface area contributed by atoms with Gasteiger partial charge < -0.3 is 0 Å². The molecule has 0 saturated carbocycles. The largest absolute Gasteiger partial charge is 0.261 e. The van der Waals surface area contributed by atoms with Crippen molar-refractivity contribution in [2.24, 2.45) is 0 Å². The molecule has 0 N–H and O–H groups in total. The number of aryl methyl sites for hydroxylation is 1. The summed E-state index contributed by atoms with van der Waals surface area (Å²) < 4.78 is 15.4. The highest BCUT2D eigenvalue weighted by Gasteiger charge is 2.42. The van der Waals surface area contributed by atoms with E-state index in [1.807, 2.05) is 136 Å². The molecule has 7 nitrogen and oxygen atoms in total. The molecule has 592 valence electrons. The Balaban J connectivity index is 0.000000223. The van der Waals surface area contributed by atoms with Gasteiger partial charge in [0.15, 0.2) is 8.07 Å².